The van der Waals surface area contributed by atoms with Crippen molar-refractivity contribution in [2.75, 3.05) is 5.32 Å². The van der Waals surface area contributed by atoms with Crippen molar-refractivity contribution in [1.29, 1.82) is 0 Å². The molecule has 0 spiro atoms. The molecule has 1 fully saturated rings. The minimum Gasteiger partial charge on any atom is -0.381 e. The van der Waals surface area contributed by atoms with Crippen LogP contribution in [0.25, 0.3) is 0 Å². The predicted molar refractivity (Wildman–Crippen MR) is 73.8 cm³/mol. The van der Waals surface area contributed by atoms with Crippen molar-refractivity contribution in [3.63, 3.8) is 0 Å². The molecule has 0 aromatic heterocycles. The first-order valence-electron chi connectivity index (χ1n) is 6.18. The van der Waals surface area contributed by atoms with Crippen LogP contribution in [0.2, 0.25) is 0 Å². The minimum absolute atomic E-state index is 0.188. The molecule has 1 saturated carbocycles. The molecule has 2 rings (SSSR count). The molecule has 1 N–H and O–H groups in total. The third kappa shape index (κ3) is 3.44. The molecule has 0 heterocycles. The fourth-order valence-corrected chi connectivity index (χ4v) is 2.73. The van der Waals surface area contributed by atoms with Gasteiger partial charge in [0.25, 0.3) is 0 Å². The van der Waals surface area contributed by atoms with Gasteiger partial charge in [-0.3, -0.25) is 0 Å². The maximum Gasteiger partial charge on any atom is 0.125 e. The van der Waals surface area contributed by atoms with Crippen LogP contribution >= 0.6 is 15.9 Å². The van der Waals surface area contributed by atoms with Crippen LogP contribution in [0.4, 0.5) is 10.1 Å². The van der Waals surface area contributed by atoms with Crippen molar-refractivity contribution in [2.24, 2.45) is 5.41 Å². The number of rotatable bonds is 2. The summed E-state index contributed by atoms with van der Waals surface area (Å²) in [6.07, 6.45) is 4.79. The Morgan fingerprint density at radius 2 is 1.94 bits per heavy atom. The number of hydrogen-bond donors (Lipinski definition) is 1. The summed E-state index contributed by atoms with van der Waals surface area (Å²) in [6.45, 7) is 4.64. The SMILES string of the molecule is CC1(C)CCC(Nc2cc(F)ccc2Br)CC1. The zero-order valence-electron chi connectivity index (χ0n) is 10.4. The Kier molecular flexibility index (Phi) is 3.76. The van der Waals surface area contributed by atoms with Crippen LogP contribution < -0.4 is 5.32 Å². The summed E-state index contributed by atoms with van der Waals surface area (Å²) in [7, 11) is 0. The average molecular weight is 300 g/mol. The van der Waals surface area contributed by atoms with E-state index in [-0.39, 0.29) is 5.82 Å². The molecule has 1 nitrogen and oxygen atoms in total. The second kappa shape index (κ2) is 4.97. The summed E-state index contributed by atoms with van der Waals surface area (Å²) < 4.78 is 14.1. The molecule has 0 amide bonds. The second-order valence-electron chi connectivity index (χ2n) is 5.71. The van der Waals surface area contributed by atoms with E-state index in [9.17, 15) is 4.39 Å². The molecule has 0 saturated heterocycles. The van der Waals surface area contributed by atoms with Gasteiger partial charge >= 0.3 is 0 Å². The maximum atomic E-state index is 13.2. The van der Waals surface area contributed by atoms with Crippen molar-refractivity contribution < 1.29 is 4.39 Å². The van der Waals surface area contributed by atoms with E-state index < -0.39 is 0 Å². The third-order valence-electron chi connectivity index (χ3n) is 3.63. The van der Waals surface area contributed by atoms with Crippen molar-refractivity contribution in [3.05, 3.63) is 28.5 Å². The van der Waals surface area contributed by atoms with Gasteiger partial charge in [-0.15, -0.1) is 0 Å². The summed E-state index contributed by atoms with van der Waals surface area (Å²) in [6, 6.07) is 5.26. The highest BCUT2D eigenvalue weighted by atomic mass is 79.9. The van der Waals surface area contributed by atoms with Crippen LogP contribution in [-0.4, -0.2) is 6.04 Å². The van der Waals surface area contributed by atoms with Gasteiger partial charge in [0.2, 0.25) is 0 Å². The smallest absolute Gasteiger partial charge is 0.125 e. The number of benzene rings is 1. The Hall–Kier alpha value is -0.570. The highest BCUT2D eigenvalue weighted by Gasteiger charge is 2.26. The van der Waals surface area contributed by atoms with Gasteiger partial charge in [0, 0.05) is 10.5 Å². The molecule has 1 aliphatic carbocycles. The fraction of sp³-hybridized carbons (Fsp3) is 0.571. The van der Waals surface area contributed by atoms with Gasteiger partial charge in [-0.2, -0.15) is 0 Å². The molecule has 17 heavy (non-hydrogen) atoms. The molecular formula is C14H19BrFN. The van der Waals surface area contributed by atoms with Crippen LogP contribution in [0, 0.1) is 11.2 Å². The number of anilines is 1. The monoisotopic (exact) mass is 299 g/mol. The van der Waals surface area contributed by atoms with E-state index in [2.05, 4.69) is 35.1 Å². The molecule has 1 aromatic carbocycles. The Bertz CT molecular complexity index is 393. The molecule has 0 unspecified atom stereocenters. The van der Waals surface area contributed by atoms with Crippen molar-refractivity contribution in [3.8, 4) is 0 Å². The van der Waals surface area contributed by atoms with E-state index in [0.717, 1.165) is 23.0 Å². The molecule has 3 heteroatoms. The predicted octanol–water partition coefficient (Wildman–Crippen LogP) is 4.97. The Labute approximate surface area is 111 Å². The summed E-state index contributed by atoms with van der Waals surface area (Å²) >= 11 is 3.45. The van der Waals surface area contributed by atoms with E-state index >= 15 is 0 Å². The summed E-state index contributed by atoms with van der Waals surface area (Å²) in [5, 5.41) is 3.44. The molecule has 0 bridgehead atoms. The fourth-order valence-electron chi connectivity index (χ4n) is 2.37. The quantitative estimate of drug-likeness (QED) is 0.813. The lowest BCUT2D eigenvalue weighted by atomic mass is 9.75. The topological polar surface area (TPSA) is 12.0 Å². The van der Waals surface area contributed by atoms with Crippen molar-refractivity contribution >= 4 is 21.6 Å². The van der Waals surface area contributed by atoms with Gasteiger partial charge in [0.05, 0.1) is 5.69 Å². The van der Waals surface area contributed by atoms with Gasteiger partial charge in [0.1, 0.15) is 5.82 Å². The first-order valence-corrected chi connectivity index (χ1v) is 6.97. The van der Waals surface area contributed by atoms with E-state index in [0.29, 0.717) is 11.5 Å². The van der Waals surface area contributed by atoms with Gasteiger partial charge in [-0.1, -0.05) is 13.8 Å². The Morgan fingerprint density at radius 3 is 2.59 bits per heavy atom. The van der Waals surface area contributed by atoms with Gasteiger partial charge in [-0.05, 0) is 65.2 Å². The van der Waals surface area contributed by atoms with Crippen LogP contribution in [0.15, 0.2) is 22.7 Å². The molecule has 1 aliphatic rings. The van der Waals surface area contributed by atoms with E-state index in [1.54, 1.807) is 12.1 Å². The maximum absolute atomic E-state index is 13.2. The lowest BCUT2D eigenvalue weighted by Gasteiger charge is -2.35. The second-order valence-corrected chi connectivity index (χ2v) is 6.56. The van der Waals surface area contributed by atoms with Gasteiger partial charge in [0.15, 0.2) is 0 Å². The summed E-state index contributed by atoms with van der Waals surface area (Å²) in [5.41, 5.74) is 1.34. The molecule has 0 atom stereocenters. The van der Waals surface area contributed by atoms with Crippen LogP contribution in [-0.2, 0) is 0 Å². The standard InChI is InChI=1S/C14H19BrFN/c1-14(2)7-5-11(6-8-14)17-13-9-10(16)3-4-12(13)15/h3-4,9,11,17H,5-8H2,1-2H3. The lowest BCUT2D eigenvalue weighted by Crippen LogP contribution is -2.29. The molecule has 0 aliphatic heterocycles. The number of hydrogen-bond acceptors (Lipinski definition) is 1. The molecule has 1 aromatic rings. The van der Waals surface area contributed by atoms with Crippen LogP contribution in [0.1, 0.15) is 39.5 Å². The summed E-state index contributed by atoms with van der Waals surface area (Å²) in [4.78, 5) is 0. The minimum atomic E-state index is -0.188. The van der Waals surface area contributed by atoms with Crippen molar-refractivity contribution in [1.82, 2.24) is 0 Å². The molecular weight excluding hydrogens is 281 g/mol. The van der Waals surface area contributed by atoms with Crippen LogP contribution in [0.5, 0.6) is 0 Å². The number of nitrogens with one attached hydrogen (secondary N) is 1. The van der Waals surface area contributed by atoms with Gasteiger partial charge < -0.3 is 5.32 Å². The zero-order chi connectivity index (χ0) is 12.5. The Morgan fingerprint density at radius 1 is 1.29 bits per heavy atom. The van der Waals surface area contributed by atoms with Crippen LogP contribution in [0.3, 0.4) is 0 Å². The average Bonchev–Trinajstić information content (AvgIpc) is 2.26. The third-order valence-corrected chi connectivity index (χ3v) is 4.32. The van der Waals surface area contributed by atoms with E-state index in [4.69, 9.17) is 0 Å². The lowest BCUT2D eigenvalue weighted by molar-refractivity contribution is 0.232. The normalized spacial score (nSPS) is 20.2. The highest BCUT2D eigenvalue weighted by Crippen LogP contribution is 2.36. The first-order chi connectivity index (χ1) is 7.96. The van der Waals surface area contributed by atoms with E-state index in [1.165, 1.54) is 18.9 Å². The largest absolute Gasteiger partial charge is 0.381 e. The number of halogens is 2. The summed E-state index contributed by atoms with van der Waals surface area (Å²) in [5.74, 6) is -0.188. The van der Waals surface area contributed by atoms with Crippen molar-refractivity contribution in [2.45, 2.75) is 45.6 Å². The highest BCUT2D eigenvalue weighted by molar-refractivity contribution is 9.10. The van der Waals surface area contributed by atoms with E-state index in [1.807, 2.05) is 0 Å². The zero-order valence-corrected chi connectivity index (χ0v) is 12.0. The van der Waals surface area contributed by atoms with Gasteiger partial charge in [-0.25, -0.2) is 4.39 Å². The Balaban J connectivity index is 2.00. The molecule has 94 valence electrons. The first kappa shape index (κ1) is 12.9. The molecule has 0 radical (unpaired) electrons.